The highest BCUT2D eigenvalue weighted by atomic mass is 19.1. The van der Waals surface area contributed by atoms with E-state index in [2.05, 4.69) is 29.2 Å². The normalized spacial score (nSPS) is 15.1. The standard InChI is InChI=1S/C19H24FN3O4/c1-19(2,23-8-4-5-9-23)11-21-17-15(18(24)25)16(27-22-17)12-6-7-13(20)14(10-12)26-3/h6-7,10H,4-5,8-9,11H2,1-3H3,(H,21,22)(H,24,25). The van der Waals surface area contributed by atoms with Gasteiger partial charge in [0, 0.05) is 17.6 Å². The molecular weight excluding hydrogens is 353 g/mol. The van der Waals surface area contributed by atoms with Crippen LogP contribution in [0.2, 0.25) is 0 Å². The topological polar surface area (TPSA) is 87.8 Å². The minimum absolute atomic E-state index is 0.00455. The Bertz CT molecular complexity index is 828. The van der Waals surface area contributed by atoms with Crippen molar-refractivity contribution in [2.75, 3.05) is 32.1 Å². The number of rotatable bonds is 7. The van der Waals surface area contributed by atoms with Crippen LogP contribution in [0.3, 0.4) is 0 Å². The van der Waals surface area contributed by atoms with Gasteiger partial charge >= 0.3 is 5.97 Å². The number of anilines is 1. The minimum Gasteiger partial charge on any atom is -0.494 e. The van der Waals surface area contributed by atoms with Crippen molar-refractivity contribution < 1.29 is 23.6 Å². The second-order valence-electron chi connectivity index (χ2n) is 7.25. The number of benzene rings is 1. The molecule has 0 atom stereocenters. The molecule has 27 heavy (non-hydrogen) atoms. The van der Waals surface area contributed by atoms with Crippen LogP contribution in [-0.2, 0) is 0 Å². The van der Waals surface area contributed by atoms with E-state index in [0.717, 1.165) is 13.1 Å². The molecule has 1 aromatic carbocycles. The summed E-state index contributed by atoms with van der Waals surface area (Å²) in [6.07, 6.45) is 2.34. The fourth-order valence-corrected chi connectivity index (χ4v) is 3.34. The van der Waals surface area contributed by atoms with Gasteiger partial charge in [-0.2, -0.15) is 0 Å². The Morgan fingerprint density at radius 1 is 1.41 bits per heavy atom. The van der Waals surface area contributed by atoms with Gasteiger partial charge in [0.2, 0.25) is 0 Å². The first-order valence-corrected chi connectivity index (χ1v) is 8.89. The van der Waals surface area contributed by atoms with Crippen molar-refractivity contribution in [2.24, 2.45) is 0 Å². The Morgan fingerprint density at radius 3 is 2.74 bits per heavy atom. The monoisotopic (exact) mass is 377 g/mol. The smallest absolute Gasteiger partial charge is 0.343 e. The lowest BCUT2D eigenvalue weighted by molar-refractivity contribution is 0.0698. The molecule has 8 heteroatoms. The van der Waals surface area contributed by atoms with Crippen LogP contribution in [0.15, 0.2) is 22.7 Å². The largest absolute Gasteiger partial charge is 0.494 e. The van der Waals surface area contributed by atoms with Crippen molar-refractivity contribution in [1.29, 1.82) is 0 Å². The highest BCUT2D eigenvalue weighted by molar-refractivity contribution is 5.99. The number of hydrogen-bond donors (Lipinski definition) is 2. The van der Waals surface area contributed by atoms with Gasteiger partial charge in [0.15, 0.2) is 28.7 Å². The maximum absolute atomic E-state index is 13.6. The van der Waals surface area contributed by atoms with Crippen LogP contribution >= 0.6 is 0 Å². The van der Waals surface area contributed by atoms with Crippen molar-refractivity contribution in [3.8, 4) is 17.1 Å². The third kappa shape index (κ3) is 3.90. The second kappa shape index (κ2) is 7.56. The molecule has 0 bridgehead atoms. The Morgan fingerprint density at radius 2 is 2.11 bits per heavy atom. The molecule has 1 fully saturated rings. The quantitative estimate of drug-likeness (QED) is 0.764. The highest BCUT2D eigenvalue weighted by Gasteiger charge is 2.31. The summed E-state index contributed by atoms with van der Waals surface area (Å²) in [5.74, 6) is -1.49. The molecule has 2 aromatic rings. The van der Waals surface area contributed by atoms with Crippen molar-refractivity contribution in [3.05, 3.63) is 29.6 Å². The molecule has 1 aliphatic rings. The molecule has 3 rings (SSSR count). The first-order valence-electron chi connectivity index (χ1n) is 8.89. The number of carboxylic acids is 1. The van der Waals surface area contributed by atoms with Crippen molar-refractivity contribution in [3.63, 3.8) is 0 Å². The van der Waals surface area contributed by atoms with Gasteiger partial charge in [0.05, 0.1) is 7.11 Å². The van der Waals surface area contributed by atoms with Gasteiger partial charge in [-0.25, -0.2) is 9.18 Å². The van der Waals surface area contributed by atoms with Crippen LogP contribution in [0, 0.1) is 5.82 Å². The van der Waals surface area contributed by atoms with Crippen LogP contribution in [0.25, 0.3) is 11.3 Å². The summed E-state index contributed by atoms with van der Waals surface area (Å²) in [5, 5.41) is 16.7. The Kier molecular flexibility index (Phi) is 5.36. The zero-order chi connectivity index (χ0) is 19.6. The fraction of sp³-hybridized carbons (Fsp3) is 0.474. The first-order chi connectivity index (χ1) is 12.8. The lowest BCUT2D eigenvalue weighted by Gasteiger charge is -2.35. The SMILES string of the molecule is COc1cc(-c2onc(NCC(C)(C)N3CCCC3)c2C(=O)O)ccc1F. The summed E-state index contributed by atoms with van der Waals surface area (Å²) in [5.41, 5.74) is 0.149. The number of aromatic nitrogens is 1. The zero-order valence-electron chi connectivity index (χ0n) is 15.7. The van der Waals surface area contributed by atoms with Gasteiger partial charge in [0.1, 0.15) is 0 Å². The van der Waals surface area contributed by atoms with Crippen molar-refractivity contribution in [2.45, 2.75) is 32.2 Å². The summed E-state index contributed by atoms with van der Waals surface area (Å²) < 4.78 is 23.9. The highest BCUT2D eigenvalue weighted by Crippen LogP contribution is 2.33. The van der Waals surface area contributed by atoms with Crippen molar-refractivity contribution >= 4 is 11.8 Å². The van der Waals surface area contributed by atoms with Crippen LogP contribution in [0.4, 0.5) is 10.2 Å². The molecule has 7 nitrogen and oxygen atoms in total. The third-order valence-corrected chi connectivity index (χ3v) is 4.97. The van der Waals surface area contributed by atoms with Gasteiger partial charge in [-0.1, -0.05) is 5.16 Å². The lowest BCUT2D eigenvalue weighted by Crippen LogP contribution is -2.47. The summed E-state index contributed by atoms with van der Waals surface area (Å²) in [6, 6.07) is 4.02. The van der Waals surface area contributed by atoms with Gasteiger partial charge in [-0.05, 0) is 58.0 Å². The number of nitrogens with one attached hydrogen (secondary N) is 1. The number of ether oxygens (including phenoxy) is 1. The average molecular weight is 377 g/mol. The molecule has 0 radical (unpaired) electrons. The maximum atomic E-state index is 13.6. The van der Waals surface area contributed by atoms with E-state index in [1.807, 2.05) is 0 Å². The second-order valence-corrected chi connectivity index (χ2v) is 7.25. The predicted molar refractivity (Wildman–Crippen MR) is 98.8 cm³/mol. The summed E-state index contributed by atoms with van der Waals surface area (Å²) in [6.45, 7) is 6.79. The third-order valence-electron chi connectivity index (χ3n) is 4.97. The molecule has 1 saturated heterocycles. The van der Waals surface area contributed by atoms with Crippen LogP contribution in [-0.4, -0.2) is 53.4 Å². The Hall–Kier alpha value is -2.61. The number of aromatic carboxylic acids is 1. The molecule has 0 unspecified atom stereocenters. The molecule has 0 aliphatic carbocycles. The van der Waals surface area contributed by atoms with E-state index in [-0.39, 0.29) is 28.4 Å². The number of carbonyl (C=O) groups is 1. The molecule has 2 heterocycles. The molecule has 2 N–H and O–H groups in total. The lowest BCUT2D eigenvalue weighted by atomic mass is 10.0. The van der Waals surface area contributed by atoms with E-state index in [4.69, 9.17) is 9.26 Å². The van der Waals surface area contributed by atoms with E-state index in [1.54, 1.807) is 0 Å². The van der Waals surface area contributed by atoms with Gasteiger partial charge in [0.25, 0.3) is 0 Å². The number of halogens is 1. The van der Waals surface area contributed by atoms with Gasteiger partial charge < -0.3 is 19.7 Å². The van der Waals surface area contributed by atoms with E-state index >= 15 is 0 Å². The van der Waals surface area contributed by atoms with Crippen LogP contribution < -0.4 is 10.1 Å². The molecular formula is C19H24FN3O4. The fourth-order valence-electron chi connectivity index (χ4n) is 3.34. The number of carboxylic acid groups (broad SMARTS) is 1. The van der Waals surface area contributed by atoms with E-state index in [1.165, 1.54) is 38.2 Å². The van der Waals surface area contributed by atoms with Gasteiger partial charge in [-0.15, -0.1) is 0 Å². The Labute approximate surface area is 157 Å². The summed E-state index contributed by atoms with van der Waals surface area (Å²) in [7, 11) is 1.34. The minimum atomic E-state index is -1.17. The number of hydrogen-bond acceptors (Lipinski definition) is 6. The average Bonchev–Trinajstić information content (AvgIpc) is 3.30. The number of nitrogens with zero attached hydrogens (tertiary/aromatic N) is 2. The summed E-state index contributed by atoms with van der Waals surface area (Å²) in [4.78, 5) is 14.2. The molecule has 0 spiro atoms. The molecule has 0 amide bonds. The Balaban J connectivity index is 1.86. The zero-order valence-corrected chi connectivity index (χ0v) is 15.7. The van der Waals surface area contributed by atoms with E-state index in [9.17, 15) is 14.3 Å². The van der Waals surface area contributed by atoms with E-state index in [0.29, 0.717) is 12.1 Å². The predicted octanol–water partition coefficient (Wildman–Crippen LogP) is 3.47. The van der Waals surface area contributed by atoms with Crippen molar-refractivity contribution in [1.82, 2.24) is 10.1 Å². The number of likely N-dealkylation sites (tertiary alicyclic amines) is 1. The number of methoxy groups -OCH3 is 1. The van der Waals surface area contributed by atoms with E-state index < -0.39 is 11.8 Å². The van der Waals surface area contributed by atoms with Crippen LogP contribution in [0.5, 0.6) is 5.75 Å². The molecule has 1 aliphatic heterocycles. The van der Waals surface area contributed by atoms with Gasteiger partial charge in [-0.3, -0.25) is 4.90 Å². The van der Waals surface area contributed by atoms with Crippen LogP contribution in [0.1, 0.15) is 37.0 Å². The summed E-state index contributed by atoms with van der Waals surface area (Å²) >= 11 is 0. The maximum Gasteiger partial charge on any atom is 0.343 e. The molecule has 1 aromatic heterocycles. The molecule has 146 valence electrons. The molecule has 0 saturated carbocycles. The first kappa shape index (κ1) is 19.2.